The van der Waals surface area contributed by atoms with E-state index in [0.29, 0.717) is 0 Å². The van der Waals surface area contributed by atoms with Gasteiger partial charge >= 0.3 is 10.4 Å². The van der Waals surface area contributed by atoms with E-state index >= 15 is 0 Å². The second-order valence-electron chi connectivity index (χ2n) is 7.18. The maximum absolute atomic E-state index is 9.33. The Morgan fingerprint density at radius 1 is 0.920 bits per heavy atom. The van der Waals surface area contributed by atoms with Gasteiger partial charge in [0, 0.05) is 0 Å². The van der Waals surface area contributed by atoms with Crippen LogP contribution in [0, 0.1) is 0 Å². The molecule has 0 aromatic carbocycles. The molecule has 0 bridgehead atoms. The Morgan fingerprint density at radius 2 is 1.32 bits per heavy atom. The minimum absolute atomic E-state index is 0.870. The lowest BCUT2D eigenvalue weighted by molar-refractivity contribution is -0.917. The molecule has 0 aromatic heterocycles. The predicted molar refractivity (Wildman–Crippen MR) is 102 cm³/mol. The summed E-state index contributed by atoms with van der Waals surface area (Å²) in [5.74, 6) is 0. The molecule has 1 aliphatic heterocycles. The molecular formula is C18H40NO5S+. The van der Waals surface area contributed by atoms with Gasteiger partial charge in [0.1, 0.15) is 13.1 Å². The minimum Gasteiger partial charge on any atom is -0.370 e. The van der Waals surface area contributed by atoms with Gasteiger partial charge in [0.15, 0.2) is 0 Å². The fourth-order valence-electron chi connectivity index (χ4n) is 2.99. The zero-order valence-electron chi connectivity index (χ0n) is 16.5. The molecule has 0 radical (unpaired) electrons. The van der Waals surface area contributed by atoms with Crippen LogP contribution in [0.4, 0.5) is 0 Å². The van der Waals surface area contributed by atoms with Crippen LogP contribution in [0.15, 0.2) is 0 Å². The third kappa shape index (κ3) is 17.0. The Hall–Kier alpha value is -0.210. The highest BCUT2D eigenvalue weighted by Gasteiger charge is 2.23. The van der Waals surface area contributed by atoms with E-state index in [2.05, 4.69) is 18.2 Å². The molecule has 0 unspecified atom stereocenters. The fraction of sp³-hybridized carbons (Fsp3) is 1.00. The van der Waals surface area contributed by atoms with E-state index in [9.17, 15) is 8.42 Å². The zero-order chi connectivity index (χ0) is 19.0. The van der Waals surface area contributed by atoms with Crippen molar-refractivity contribution in [2.75, 3.05) is 47.0 Å². The molecule has 6 nitrogen and oxygen atoms in total. The lowest BCUT2D eigenvalue weighted by atomic mass is 10.1. The van der Waals surface area contributed by atoms with Gasteiger partial charge in [-0.3, -0.25) is 8.74 Å². The molecule has 152 valence electrons. The van der Waals surface area contributed by atoms with Crippen molar-refractivity contribution in [2.24, 2.45) is 0 Å². The van der Waals surface area contributed by atoms with Gasteiger partial charge in [0.2, 0.25) is 0 Å². The summed E-state index contributed by atoms with van der Waals surface area (Å²) >= 11 is 0. The summed E-state index contributed by atoms with van der Waals surface area (Å²) in [5.41, 5.74) is 0. The highest BCUT2D eigenvalue weighted by molar-refractivity contribution is 7.80. The first-order valence-electron chi connectivity index (χ1n) is 9.77. The molecule has 0 spiro atoms. The fourth-order valence-corrected chi connectivity index (χ4v) is 2.99. The molecule has 0 saturated carbocycles. The van der Waals surface area contributed by atoms with Gasteiger partial charge in [-0.2, -0.15) is 8.42 Å². The van der Waals surface area contributed by atoms with Crippen LogP contribution in [0.5, 0.6) is 0 Å². The van der Waals surface area contributed by atoms with Crippen molar-refractivity contribution >= 4 is 10.4 Å². The molecule has 0 atom stereocenters. The summed E-state index contributed by atoms with van der Waals surface area (Å²) in [6.45, 7) is 8.02. The topological polar surface area (TPSA) is 72.8 Å². The van der Waals surface area contributed by atoms with Crippen LogP contribution < -0.4 is 0 Å². The van der Waals surface area contributed by atoms with Gasteiger partial charge in [-0.15, -0.1) is 0 Å². The smallest absolute Gasteiger partial charge is 0.370 e. The van der Waals surface area contributed by atoms with Crippen molar-refractivity contribution in [3.63, 3.8) is 0 Å². The van der Waals surface area contributed by atoms with Crippen LogP contribution in [0.1, 0.15) is 71.1 Å². The molecule has 1 rings (SSSR count). The Balaban J connectivity index is 0.000000823. The second kappa shape index (κ2) is 14.9. The van der Waals surface area contributed by atoms with Crippen LogP contribution in [0.3, 0.4) is 0 Å². The maximum atomic E-state index is 9.33. The van der Waals surface area contributed by atoms with Crippen molar-refractivity contribution in [1.29, 1.82) is 0 Å². The number of unbranched alkanes of at least 4 members (excludes halogenated alkanes) is 9. The third-order valence-electron chi connectivity index (χ3n) is 4.81. The first-order chi connectivity index (χ1) is 11.8. The predicted octanol–water partition coefficient (Wildman–Crippen LogP) is 3.82. The zero-order valence-corrected chi connectivity index (χ0v) is 17.4. The summed E-state index contributed by atoms with van der Waals surface area (Å²) in [6.07, 6.45) is 14.4. The first-order valence-corrected chi connectivity index (χ1v) is 11.1. The Labute approximate surface area is 155 Å². The lowest BCUT2D eigenvalue weighted by Gasteiger charge is -2.37. The Morgan fingerprint density at radius 3 is 1.72 bits per heavy atom. The quantitative estimate of drug-likeness (QED) is 0.315. The van der Waals surface area contributed by atoms with E-state index in [1.165, 1.54) is 88.3 Å². The van der Waals surface area contributed by atoms with Gasteiger partial charge in [-0.1, -0.05) is 58.3 Å². The molecular weight excluding hydrogens is 342 g/mol. The van der Waals surface area contributed by atoms with Gasteiger partial charge in [-0.05, 0) is 12.8 Å². The summed E-state index contributed by atoms with van der Waals surface area (Å²) < 4.78 is 36.4. The molecule has 1 N–H and O–H groups in total. The van der Waals surface area contributed by atoms with E-state index in [0.717, 1.165) is 20.3 Å². The highest BCUT2D eigenvalue weighted by Crippen LogP contribution is 2.13. The molecule has 25 heavy (non-hydrogen) atoms. The van der Waals surface area contributed by atoms with Crippen LogP contribution in [-0.4, -0.2) is 64.5 Å². The van der Waals surface area contributed by atoms with Crippen molar-refractivity contribution in [2.45, 2.75) is 71.1 Å². The van der Waals surface area contributed by atoms with Crippen LogP contribution in [0.25, 0.3) is 0 Å². The van der Waals surface area contributed by atoms with E-state index in [4.69, 9.17) is 9.29 Å². The van der Waals surface area contributed by atoms with Crippen LogP contribution >= 0.6 is 0 Å². The summed E-state index contributed by atoms with van der Waals surface area (Å²) in [4.78, 5) is 0. The number of nitrogens with zero attached hydrogens (tertiary/aromatic N) is 1. The second-order valence-corrected chi connectivity index (χ2v) is 8.37. The van der Waals surface area contributed by atoms with Crippen molar-refractivity contribution < 1.29 is 26.4 Å². The average molecular weight is 383 g/mol. The van der Waals surface area contributed by atoms with Crippen LogP contribution in [-0.2, 0) is 19.3 Å². The monoisotopic (exact) mass is 382 g/mol. The average Bonchev–Trinajstić information content (AvgIpc) is 2.57. The molecule has 7 heteroatoms. The third-order valence-corrected chi connectivity index (χ3v) is 5.23. The highest BCUT2D eigenvalue weighted by atomic mass is 32.3. The minimum atomic E-state index is -4.16. The van der Waals surface area contributed by atoms with Crippen molar-refractivity contribution in [1.82, 2.24) is 0 Å². The molecule has 1 saturated heterocycles. The molecule has 0 aromatic rings. The van der Waals surface area contributed by atoms with E-state index < -0.39 is 10.4 Å². The lowest BCUT2D eigenvalue weighted by Crippen LogP contribution is -2.52. The number of ether oxygens (including phenoxy) is 1. The van der Waals surface area contributed by atoms with Gasteiger partial charge in [-0.25, -0.2) is 0 Å². The molecule has 1 fully saturated rings. The van der Waals surface area contributed by atoms with E-state index in [1.807, 2.05) is 0 Å². The molecule has 0 aliphatic carbocycles. The standard InChI is InChI=1S/C17H36NO.CH4O4S/c1-3-4-5-6-7-8-9-10-11-12-13-18(2)14-16-19-17-15-18;1-5-6(2,3)4/h3-17H2,1-2H3;1H3,(H,2,3,4)/q+1;. The summed E-state index contributed by atoms with van der Waals surface area (Å²) in [7, 11) is -0.893. The maximum Gasteiger partial charge on any atom is 0.397 e. The van der Waals surface area contributed by atoms with Crippen molar-refractivity contribution in [3.05, 3.63) is 0 Å². The van der Waals surface area contributed by atoms with Gasteiger partial charge in [0.05, 0.1) is 33.9 Å². The SMILES string of the molecule is CCCCCCCCCCCC[N+]1(C)CCOCC1.COS(=O)(=O)O. The van der Waals surface area contributed by atoms with E-state index in [-0.39, 0.29) is 0 Å². The Bertz CT molecular complexity index is 394. The number of rotatable bonds is 12. The molecule has 1 aliphatic rings. The number of hydrogen-bond donors (Lipinski definition) is 1. The van der Waals surface area contributed by atoms with Crippen molar-refractivity contribution in [3.8, 4) is 0 Å². The number of hydrogen-bond acceptors (Lipinski definition) is 4. The van der Waals surface area contributed by atoms with E-state index in [1.54, 1.807) is 0 Å². The van der Waals surface area contributed by atoms with Crippen LogP contribution in [0.2, 0.25) is 0 Å². The summed E-state index contributed by atoms with van der Waals surface area (Å²) in [6, 6.07) is 0. The first kappa shape index (κ1) is 24.8. The molecule has 1 heterocycles. The summed E-state index contributed by atoms with van der Waals surface area (Å²) in [5, 5.41) is 0. The number of likely N-dealkylation sites (N-methyl/N-ethyl adjacent to an activating group) is 1. The number of morpholine rings is 1. The number of quaternary nitrogens is 1. The van der Waals surface area contributed by atoms with Gasteiger partial charge < -0.3 is 9.22 Å². The normalized spacial score (nSPS) is 17.0. The largest absolute Gasteiger partial charge is 0.397 e. The molecule has 0 amide bonds. The van der Waals surface area contributed by atoms with Gasteiger partial charge in [0.25, 0.3) is 0 Å². The Kier molecular flexibility index (Phi) is 14.8.